The highest BCUT2D eigenvalue weighted by atomic mass is 16.5. The molecule has 0 amide bonds. The van der Waals surface area contributed by atoms with Gasteiger partial charge in [-0.2, -0.15) is 0 Å². The molecule has 0 saturated heterocycles. The van der Waals surface area contributed by atoms with E-state index in [2.05, 4.69) is 23.5 Å². The fourth-order valence-electron chi connectivity index (χ4n) is 2.70. The maximum Gasteiger partial charge on any atom is 0.311 e. The highest BCUT2D eigenvalue weighted by Crippen LogP contribution is 2.25. The molecule has 0 aliphatic carbocycles. The van der Waals surface area contributed by atoms with Gasteiger partial charge < -0.3 is 10.1 Å². The predicted molar refractivity (Wildman–Crippen MR) is 76.2 cm³/mol. The molecule has 1 N–H and O–H groups in total. The third-order valence-corrected chi connectivity index (χ3v) is 3.80. The van der Waals surface area contributed by atoms with Gasteiger partial charge in [0.05, 0.1) is 12.5 Å². The first-order valence-corrected chi connectivity index (χ1v) is 6.93. The lowest BCUT2D eigenvalue weighted by atomic mass is 9.84. The SMILES string of the molecule is COC(=O)C(C)(C)Cc1ccc2c(c1)CCNCC2. The van der Waals surface area contributed by atoms with Gasteiger partial charge >= 0.3 is 5.97 Å². The van der Waals surface area contributed by atoms with Gasteiger partial charge in [0.2, 0.25) is 0 Å². The monoisotopic (exact) mass is 261 g/mol. The minimum absolute atomic E-state index is 0.149. The molecule has 0 saturated carbocycles. The standard InChI is InChI=1S/C16H23NO2/c1-16(2,15(18)19-3)11-12-4-5-13-6-8-17-9-7-14(13)10-12/h4-5,10,17H,6-9,11H2,1-3H3. The van der Waals surface area contributed by atoms with Crippen molar-refractivity contribution in [1.82, 2.24) is 5.32 Å². The van der Waals surface area contributed by atoms with Crippen molar-refractivity contribution in [3.8, 4) is 0 Å². The van der Waals surface area contributed by atoms with Gasteiger partial charge in [-0.25, -0.2) is 0 Å². The van der Waals surface area contributed by atoms with Crippen LogP contribution in [0.2, 0.25) is 0 Å². The first-order valence-electron chi connectivity index (χ1n) is 6.93. The van der Waals surface area contributed by atoms with Gasteiger partial charge in [-0.1, -0.05) is 18.2 Å². The quantitative estimate of drug-likeness (QED) is 0.847. The number of esters is 1. The van der Waals surface area contributed by atoms with E-state index in [9.17, 15) is 4.79 Å². The first-order chi connectivity index (χ1) is 9.03. The lowest BCUT2D eigenvalue weighted by molar-refractivity contribution is -0.150. The lowest BCUT2D eigenvalue weighted by Crippen LogP contribution is -2.28. The molecule has 2 rings (SSSR count). The molecule has 0 radical (unpaired) electrons. The summed E-state index contributed by atoms with van der Waals surface area (Å²) in [4.78, 5) is 11.7. The summed E-state index contributed by atoms with van der Waals surface area (Å²) in [6.45, 7) is 5.97. The predicted octanol–water partition coefficient (Wildman–Crippen LogP) is 2.12. The van der Waals surface area contributed by atoms with Gasteiger partial charge in [-0.15, -0.1) is 0 Å². The van der Waals surface area contributed by atoms with Crippen LogP contribution in [0.25, 0.3) is 0 Å². The molecule has 3 heteroatoms. The Balaban J connectivity index is 2.18. The van der Waals surface area contributed by atoms with E-state index in [1.54, 1.807) is 0 Å². The van der Waals surface area contributed by atoms with Crippen molar-refractivity contribution < 1.29 is 9.53 Å². The molecule has 0 bridgehead atoms. The second-order valence-electron chi connectivity index (χ2n) is 5.91. The molecular weight excluding hydrogens is 238 g/mol. The number of rotatable bonds is 3. The molecule has 1 aliphatic heterocycles. The Morgan fingerprint density at radius 2 is 1.95 bits per heavy atom. The summed E-state index contributed by atoms with van der Waals surface area (Å²) in [6.07, 6.45) is 2.89. The first kappa shape index (κ1) is 14.1. The third-order valence-electron chi connectivity index (χ3n) is 3.80. The van der Waals surface area contributed by atoms with Gasteiger partial charge in [-0.05, 0) is 62.9 Å². The average molecular weight is 261 g/mol. The molecule has 1 aromatic carbocycles. The molecule has 0 atom stereocenters. The smallest absolute Gasteiger partial charge is 0.311 e. The number of hydrogen-bond donors (Lipinski definition) is 1. The minimum atomic E-state index is -0.466. The Hall–Kier alpha value is -1.35. The van der Waals surface area contributed by atoms with Crippen LogP contribution in [0.1, 0.15) is 30.5 Å². The number of ether oxygens (including phenoxy) is 1. The molecule has 0 unspecified atom stereocenters. The molecule has 104 valence electrons. The van der Waals surface area contributed by atoms with Crippen molar-refractivity contribution >= 4 is 5.97 Å². The van der Waals surface area contributed by atoms with E-state index in [4.69, 9.17) is 4.74 Å². The van der Waals surface area contributed by atoms with E-state index in [-0.39, 0.29) is 5.97 Å². The normalized spacial score (nSPS) is 15.5. The molecular formula is C16H23NO2. The van der Waals surface area contributed by atoms with Crippen LogP contribution >= 0.6 is 0 Å². The second kappa shape index (κ2) is 5.74. The molecule has 3 nitrogen and oxygen atoms in total. The summed E-state index contributed by atoms with van der Waals surface area (Å²) in [5, 5.41) is 3.42. The highest BCUT2D eigenvalue weighted by Gasteiger charge is 2.29. The van der Waals surface area contributed by atoms with Crippen molar-refractivity contribution in [2.45, 2.75) is 33.1 Å². The molecule has 0 spiro atoms. The number of hydrogen-bond acceptors (Lipinski definition) is 3. The van der Waals surface area contributed by atoms with Gasteiger partial charge in [0, 0.05) is 0 Å². The van der Waals surface area contributed by atoms with Gasteiger partial charge in [0.1, 0.15) is 0 Å². The van der Waals surface area contributed by atoms with E-state index >= 15 is 0 Å². The number of fused-ring (bicyclic) bond motifs is 1. The second-order valence-corrected chi connectivity index (χ2v) is 5.91. The number of nitrogens with one attached hydrogen (secondary N) is 1. The number of methoxy groups -OCH3 is 1. The Bertz CT molecular complexity index is 466. The maximum atomic E-state index is 11.7. The van der Waals surface area contributed by atoms with Crippen molar-refractivity contribution in [2.75, 3.05) is 20.2 Å². The summed E-state index contributed by atoms with van der Waals surface area (Å²) in [6, 6.07) is 6.62. The Morgan fingerprint density at radius 1 is 1.26 bits per heavy atom. The zero-order valence-electron chi connectivity index (χ0n) is 12.1. The number of carbonyl (C=O) groups excluding carboxylic acids is 1. The maximum absolute atomic E-state index is 11.7. The van der Waals surface area contributed by atoms with Crippen LogP contribution in [-0.4, -0.2) is 26.2 Å². The van der Waals surface area contributed by atoms with Crippen LogP contribution in [0.4, 0.5) is 0 Å². The van der Waals surface area contributed by atoms with Crippen LogP contribution in [0.15, 0.2) is 18.2 Å². The zero-order chi connectivity index (χ0) is 13.9. The van der Waals surface area contributed by atoms with E-state index < -0.39 is 5.41 Å². The summed E-state index contributed by atoms with van der Waals surface area (Å²) < 4.78 is 4.87. The fraction of sp³-hybridized carbons (Fsp3) is 0.562. The van der Waals surface area contributed by atoms with Crippen molar-refractivity contribution in [1.29, 1.82) is 0 Å². The third kappa shape index (κ3) is 3.35. The molecule has 0 fully saturated rings. The lowest BCUT2D eigenvalue weighted by Gasteiger charge is -2.22. The van der Waals surface area contributed by atoms with Gasteiger partial charge in [0.25, 0.3) is 0 Å². The van der Waals surface area contributed by atoms with Crippen molar-refractivity contribution in [3.05, 3.63) is 34.9 Å². The van der Waals surface area contributed by atoms with E-state index in [1.165, 1.54) is 23.8 Å². The largest absolute Gasteiger partial charge is 0.469 e. The van der Waals surface area contributed by atoms with Crippen molar-refractivity contribution in [3.63, 3.8) is 0 Å². The molecule has 1 heterocycles. The highest BCUT2D eigenvalue weighted by molar-refractivity contribution is 5.76. The van der Waals surface area contributed by atoms with Crippen LogP contribution in [0, 0.1) is 5.41 Å². The Labute approximate surface area is 115 Å². The number of benzene rings is 1. The summed E-state index contributed by atoms with van der Waals surface area (Å²) in [5.41, 5.74) is 3.61. The van der Waals surface area contributed by atoms with Crippen molar-refractivity contribution in [2.24, 2.45) is 5.41 Å². The minimum Gasteiger partial charge on any atom is -0.469 e. The van der Waals surface area contributed by atoms with E-state index in [0.29, 0.717) is 0 Å². The Kier molecular flexibility index (Phi) is 4.25. The molecule has 1 aliphatic rings. The molecule has 19 heavy (non-hydrogen) atoms. The van der Waals surface area contributed by atoms with Crippen LogP contribution < -0.4 is 5.32 Å². The molecule has 1 aromatic rings. The van der Waals surface area contributed by atoms with Crippen LogP contribution in [-0.2, 0) is 28.8 Å². The Morgan fingerprint density at radius 3 is 2.63 bits per heavy atom. The average Bonchev–Trinajstić information content (AvgIpc) is 2.61. The fourth-order valence-corrected chi connectivity index (χ4v) is 2.70. The summed E-state index contributed by atoms with van der Waals surface area (Å²) in [5.74, 6) is -0.149. The van der Waals surface area contributed by atoms with Crippen LogP contribution in [0.5, 0.6) is 0 Å². The van der Waals surface area contributed by atoms with E-state index in [0.717, 1.165) is 32.4 Å². The van der Waals surface area contributed by atoms with Gasteiger partial charge in [-0.3, -0.25) is 4.79 Å². The molecule has 0 aromatic heterocycles. The summed E-state index contributed by atoms with van der Waals surface area (Å²) in [7, 11) is 1.45. The zero-order valence-corrected chi connectivity index (χ0v) is 12.1. The van der Waals surface area contributed by atoms with E-state index in [1.807, 2.05) is 13.8 Å². The number of carbonyl (C=O) groups is 1. The topological polar surface area (TPSA) is 38.3 Å². The van der Waals surface area contributed by atoms with Gasteiger partial charge in [0.15, 0.2) is 0 Å². The summed E-state index contributed by atoms with van der Waals surface area (Å²) >= 11 is 0. The van der Waals surface area contributed by atoms with Crippen LogP contribution in [0.3, 0.4) is 0 Å².